The van der Waals surface area contributed by atoms with Gasteiger partial charge in [-0.05, 0) is 43.4 Å². The molecule has 152 valence electrons. The molecule has 1 rings (SSSR count). The van der Waals surface area contributed by atoms with Gasteiger partial charge >= 0.3 is 11.9 Å². The minimum atomic E-state index is -0.528. The first kappa shape index (κ1) is 22.9. The van der Waals surface area contributed by atoms with Crippen LogP contribution in [0.4, 0.5) is 0 Å². The quantitative estimate of drug-likeness (QED) is 0.500. The van der Waals surface area contributed by atoms with Crippen molar-refractivity contribution in [1.29, 1.82) is 0 Å². The number of carbonyl (C=O) groups excluding carboxylic acids is 2. The Labute approximate surface area is 159 Å². The molecular weight excluding hydrogens is 332 g/mol. The van der Waals surface area contributed by atoms with E-state index in [9.17, 15) is 9.59 Å². The Morgan fingerprint density at radius 2 is 1.65 bits per heavy atom. The fraction of sp³-hybridized carbons (Fsp3) is 0.905. The lowest BCUT2D eigenvalue weighted by Gasteiger charge is -2.37. The summed E-state index contributed by atoms with van der Waals surface area (Å²) >= 11 is 0. The van der Waals surface area contributed by atoms with E-state index < -0.39 is 6.10 Å². The molecule has 1 aliphatic rings. The molecule has 0 aromatic rings. The minimum absolute atomic E-state index is 0.0723. The van der Waals surface area contributed by atoms with Gasteiger partial charge in [-0.1, -0.05) is 41.0 Å². The number of ether oxygens (including phenoxy) is 3. The summed E-state index contributed by atoms with van der Waals surface area (Å²) in [6.45, 7) is 11.0. The van der Waals surface area contributed by atoms with Crippen molar-refractivity contribution in [1.82, 2.24) is 0 Å². The van der Waals surface area contributed by atoms with Crippen molar-refractivity contribution < 1.29 is 23.8 Å². The molecule has 4 atom stereocenters. The molecule has 0 heterocycles. The van der Waals surface area contributed by atoms with Gasteiger partial charge in [0.25, 0.3) is 0 Å². The van der Waals surface area contributed by atoms with Crippen molar-refractivity contribution in [3.05, 3.63) is 0 Å². The minimum Gasteiger partial charge on any atom is -0.462 e. The van der Waals surface area contributed by atoms with Crippen molar-refractivity contribution in [2.24, 2.45) is 17.8 Å². The summed E-state index contributed by atoms with van der Waals surface area (Å²) in [6.07, 6.45) is 5.33. The van der Waals surface area contributed by atoms with Crippen molar-refractivity contribution in [3.8, 4) is 0 Å². The van der Waals surface area contributed by atoms with E-state index in [-0.39, 0.29) is 31.3 Å². The molecule has 0 radical (unpaired) electrons. The fourth-order valence-corrected chi connectivity index (χ4v) is 3.56. The van der Waals surface area contributed by atoms with Crippen molar-refractivity contribution in [2.45, 2.75) is 91.8 Å². The lowest BCUT2D eigenvalue weighted by Crippen LogP contribution is -2.38. The van der Waals surface area contributed by atoms with Crippen molar-refractivity contribution in [3.63, 3.8) is 0 Å². The van der Waals surface area contributed by atoms with E-state index in [1.54, 1.807) is 0 Å². The van der Waals surface area contributed by atoms with Crippen LogP contribution in [0.5, 0.6) is 0 Å². The maximum absolute atomic E-state index is 11.9. The predicted octanol–water partition coefficient (Wildman–Crippen LogP) is 4.52. The summed E-state index contributed by atoms with van der Waals surface area (Å²) in [4.78, 5) is 23.5. The molecule has 0 aromatic heterocycles. The third kappa shape index (κ3) is 8.52. The Morgan fingerprint density at radius 1 is 1.00 bits per heavy atom. The van der Waals surface area contributed by atoms with Crippen LogP contribution in [0.3, 0.4) is 0 Å². The van der Waals surface area contributed by atoms with E-state index in [1.807, 2.05) is 13.8 Å². The van der Waals surface area contributed by atoms with Crippen LogP contribution >= 0.6 is 0 Å². The molecule has 1 saturated carbocycles. The molecule has 0 aliphatic heterocycles. The van der Waals surface area contributed by atoms with Gasteiger partial charge in [0.2, 0.25) is 0 Å². The third-order valence-corrected chi connectivity index (χ3v) is 5.09. The number of hydrogen-bond acceptors (Lipinski definition) is 5. The van der Waals surface area contributed by atoms with Gasteiger partial charge in [0, 0.05) is 12.8 Å². The Morgan fingerprint density at radius 3 is 2.27 bits per heavy atom. The molecule has 1 aliphatic carbocycles. The largest absolute Gasteiger partial charge is 0.462 e. The zero-order valence-corrected chi connectivity index (χ0v) is 17.3. The lowest BCUT2D eigenvalue weighted by atomic mass is 9.75. The predicted molar refractivity (Wildman–Crippen MR) is 102 cm³/mol. The second-order valence-corrected chi connectivity index (χ2v) is 7.99. The third-order valence-electron chi connectivity index (χ3n) is 5.09. The average Bonchev–Trinajstić information content (AvgIpc) is 2.57. The normalized spacial score (nSPS) is 24.3. The zero-order chi connectivity index (χ0) is 19.5. The van der Waals surface area contributed by atoms with E-state index in [1.165, 1.54) is 12.8 Å². The monoisotopic (exact) mass is 370 g/mol. The molecule has 5 heteroatoms. The van der Waals surface area contributed by atoms with Crippen molar-refractivity contribution in [2.75, 3.05) is 13.2 Å². The SMILES string of the molecule is CCCC(=O)OCC(COC1CC(C)CCC1C(C)C)OC(=O)CCC. The summed E-state index contributed by atoms with van der Waals surface area (Å²) in [5.41, 5.74) is 0. The van der Waals surface area contributed by atoms with Crippen LogP contribution < -0.4 is 0 Å². The second-order valence-electron chi connectivity index (χ2n) is 7.99. The zero-order valence-electron chi connectivity index (χ0n) is 17.3. The molecule has 0 spiro atoms. The van der Waals surface area contributed by atoms with Gasteiger partial charge in [-0.3, -0.25) is 9.59 Å². The fourth-order valence-electron chi connectivity index (χ4n) is 3.56. The van der Waals surface area contributed by atoms with Gasteiger partial charge in [0.1, 0.15) is 6.61 Å². The Hall–Kier alpha value is -1.10. The molecule has 0 aromatic carbocycles. The van der Waals surface area contributed by atoms with Gasteiger partial charge in [-0.15, -0.1) is 0 Å². The van der Waals surface area contributed by atoms with Crippen molar-refractivity contribution >= 4 is 11.9 Å². The van der Waals surface area contributed by atoms with E-state index in [0.717, 1.165) is 19.3 Å². The maximum Gasteiger partial charge on any atom is 0.306 e. The van der Waals surface area contributed by atoms with Gasteiger partial charge in [-0.25, -0.2) is 0 Å². The maximum atomic E-state index is 11.9. The van der Waals surface area contributed by atoms with E-state index in [2.05, 4.69) is 20.8 Å². The Bertz CT molecular complexity index is 421. The van der Waals surface area contributed by atoms with Crippen LogP contribution in [-0.4, -0.2) is 37.4 Å². The van der Waals surface area contributed by atoms with Gasteiger partial charge < -0.3 is 14.2 Å². The number of carbonyl (C=O) groups is 2. The summed E-state index contributed by atoms with van der Waals surface area (Å²) < 4.78 is 16.9. The number of rotatable bonds is 11. The van der Waals surface area contributed by atoms with E-state index in [4.69, 9.17) is 14.2 Å². The second kappa shape index (κ2) is 12.3. The van der Waals surface area contributed by atoms with E-state index >= 15 is 0 Å². The van der Waals surface area contributed by atoms with Crippen LogP contribution in [0.15, 0.2) is 0 Å². The first-order valence-corrected chi connectivity index (χ1v) is 10.3. The topological polar surface area (TPSA) is 61.8 Å². The highest BCUT2D eigenvalue weighted by atomic mass is 16.6. The van der Waals surface area contributed by atoms with Crippen LogP contribution in [0.1, 0.15) is 79.6 Å². The molecule has 0 amide bonds. The van der Waals surface area contributed by atoms with Gasteiger partial charge in [-0.2, -0.15) is 0 Å². The molecule has 0 bridgehead atoms. The Balaban J connectivity index is 2.61. The molecular formula is C21H38O5. The molecule has 1 fully saturated rings. The van der Waals surface area contributed by atoms with Crippen LogP contribution in [-0.2, 0) is 23.8 Å². The van der Waals surface area contributed by atoms with Crippen LogP contribution in [0.25, 0.3) is 0 Å². The van der Waals surface area contributed by atoms with Gasteiger partial charge in [0.05, 0.1) is 12.7 Å². The number of esters is 2. The summed E-state index contributed by atoms with van der Waals surface area (Å²) in [5.74, 6) is 1.23. The lowest BCUT2D eigenvalue weighted by molar-refractivity contribution is -0.166. The highest BCUT2D eigenvalue weighted by Crippen LogP contribution is 2.35. The standard InChI is InChI=1S/C21H38O5/c1-6-8-20(22)25-14-17(26-21(23)9-7-2)13-24-19-12-16(5)10-11-18(19)15(3)4/h15-19H,6-14H2,1-5H3. The number of hydrogen-bond donors (Lipinski definition) is 0. The highest BCUT2D eigenvalue weighted by molar-refractivity contribution is 5.70. The summed E-state index contributed by atoms with van der Waals surface area (Å²) in [5, 5.41) is 0. The molecule has 4 unspecified atom stereocenters. The molecule has 0 N–H and O–H groups in total. The molecule has 26 heavy (non-hydrogen) atoms. The van der Waals surface area contributed by atoms with Crippen LogP contribution in [0.2, 0.25) is 0 Å². The highest BCUT2D eigenvalue weighted by Gasteiger charge is 2.32. The molecule has 0 saturated heterocycles. The first-order chi connectivity index (χ1) is 12.4. The Kier molecular flexibility index (Phi) is 10.9. The smallest absolute Gasteiger partial charge is 0.306 e. The summed E-state index contributed by atoms with van der Waals surface area (Å²) in [6, 6.07) is 0. The average molecular weight is 371 g/mol. The first-order valence-electron chi connectivity index (χ1n) is 10.3. The van der Waals surface area contributed by atoms with Crippen LogP contribution in [0, 0.1) is 17.8 Å². The summed E-state index contributed by atoms with van der Waals surface area (Å²) in [7, 11) is 0. The van der Waals surface area contributed by atoms with Gasteiger partial charge in [0.15, 0.2) is 6.10 Å². The molecule has 5 nitrogen and oxygen atoms in total. The van der Waals surface area contributed by atoms with E-state index in [0.29, 0.717) is 30.6 Å².